The molecule has 0 saturated heterocycles. The van der Waals surface area contributed by atoms with Gasteiger partial charge in [-0.25, -0.2) is 8.42 Å². The molecule has 0 aliphatic rings. The van der Waals surface area contributed by atoms with E-state index < -0.39 is 33.9 Å². The van der Waals surface area contributed by atoms with E-state index in [1.807, 2.05) is 54.6 Å². The summed E-state index contributed by atoms with van der Waals surface area (Å²) in [6.45, 7) is 0.369. The van der Waals surface area contributed by atoms with Crippen LogP contribution in [0.25, 0.3) is 10.8 Å². The molecule has 0 spiro atoms. The number of nitrogens with two attached hydrogens (primary N) is 2. The van der Waals surface area contributed by atoms with Gasteiger partial charge in [0.25, 0.3) is 0 Å². The Hall–Kier alpha value is -3.96. The van der Waals surface area contributed by atoms with Gasteiger partial charge in [0.1, 0.15) is 12.1 Å². The molecule has 11 heteroatoms. The number of rotatable bonds is 12. The highest BCUT2D eigenvalue weighted by Gasteiger charge is 2.28. The Labute approximate surface area is 216 Å². The Morgan fingerprint density at radius 3 is 2.27 bits per heavy atom. The fourth-order valence-electron chi connectivity index (χ4n) is 3.78. The highest BCUT2D eigenvalue weighted by atomic mass is 32.2. The summed E-state index contributed by atoms with van der Waals surface area (Å²) in [6, 6.07) is 19.0. The number of hydrogen-bond donors (Lipinski definition) is 5. The molecule has 2 atom stereocenters. The molecule has 37 heavy (non-hydrogen) atoms. The number of carbonyl (C=O) groups excluding carboxylic acids is 2. The number of hydrogen-bond acceptors (Lipinski definition) is 5. The van der Waals surface area contributed by atoms with E-state index in [1.165, 1.54) is 13.1 Å². The van der Waals surface area contributed by atoms with Gasteiger partial charge in [-0.05, 0) is 41.3 Å². The molecular weight excluding hydrogens is 492 g/mol. The van der Waals surface area contributed by atoms with Crippen molar-refractivity contribution in [3.05, 3.63) is 78.4 Å². The van der Waals surface area contributed by atoms with E-state index in [9.17, 15) is 18.0 Å². The number of sulfonamides is 1. The largest absolute Gasteiger partial charge is 0.370 e. The van der Waals surface area contributed by atoms with E-state index in [4.69, 9.17) is 11.5 Å². The van der Waals surface area contributed by atoms with Crippen molar-refractivity contribution in [2.75, 3.05) is 13.6 Å². The van der Waals surface area contributed by atoms with Gasteiger partial charge in [0.05, 0.1) is 4.90 Å². The lowest BCUT2D eigenvalue weighted by Crippen LogP contribution is -2.53. The van der Waals surface area contributed by atoms with Gasteiger partial charge in [-0.3, -0.25) is 14.6 Å². The van der Waals surface area contributed by atoms with Gasteiger partial charge < -0.3 is 22.1 Å². The van der Waals surface area contributed by atoms with Gasteiger partial charge in [0.2, 0.25) is 21.8 Å². The third-order valence-electron chi connectivity index (χ3n) is 5.80. The SMILES string of the molecule is CN=C(N)NCCC[C@H](NS(=O)(=O)c1ccc2ccccc2c1)C(=O)N[C@H](Cc1ccccc1)C(N)=O. The molecule has 0 unspecified atom stereocenters. The van der Waals surface area contributed by atoms with Crippen LogP contribution in [0.3, 0.4) is 0 Å². The second-order valence-electron chi connectivity index (χ2n) is 8.51. The summed E-state index contributed by atoms with van der Waals surface area (Å²) in [5, 5.41) is 7.14. The molecule has 0 bridgehead atoms. The molecule has 0 aliphatic heterocycles. The highest BCUT2D eigenvalue weighted by molar-refractivity contribution is 7.89. The minimum atomic E-state index is -4.06. The molecule has 3 aromatic rings. The summed E-state index contributed by atoms with van der Waals surface area (Å²) in [5.74, 6) is -1.14. The first-order valence-electron chi connectivity index (χ1n) is 11.8. The van der Waals surface area contributed by atoms with Crippen molar-refractivity contribution < 1.29 is 18.0 Å². The third kappa shape index (κ3) is 8.02. The van der Waals surface area contributed by atoms with Gasteiger partial charge in [-0.1, -0.05) is 60.7 Å². The lowest BCUT2D eigenvalue weighted by molar-refractivity contribution is -0.128. The van der Waals surface area contributed by atoms with Crippen LogP contribution in [-0.2, 0) is 26.0 Å². The van der Waals surface area contributed by atoms with Gasteiger partial charge in [-0.2, -0.15) is 4.72 Å². The van der Waals surface area contributed by atoms with E-state index in [2.05, 4.69) is 20.3 Å². The number of benzene rings is 3. The summed E-state index contributed by atoms with van der Waals surface area (Å²) in [5.41, 5.74) is 12.0. The number of nitrogens with one attached hydrogen (secondary N) is 3. The van der Waals surface area contributed by atoms with Crippen molar-refractivity contribution in [2.24, 2.45) is 16.5 Å². The third-order valence-corrected chi connectivity index (χ3v) is 7.27. The van der Waals surface area contributed by atoms with Crippen molar-refractivity contribution in [1.29, 1.82) is 0 Å². The van der Waals surface area contributed by atoms with Crippen LogP contribution in [0.2, 0.25) is 0 Å². The Balaban J connectivity index is 1.79. The predicted molar refractivity (Wildman–Crippen MR) is 144 cm³/mol. The lowest BCUT2D eigenvalue weighted by atomic mass is 10.0. The van der Waals surface area contributed by atoms with Crippen LogP contribution in [0.1, 0.15) is 18.4 Å². The summed E-state index contributed by atoms with van der Waals surface area (Å²) >= 11 is 0. The number of guanidine groups is 1. The fourth-order valence-corrected chi connectivity index (χ4v) is 5.04. The predicted octanol–water partition coefficient (Wildman–Crippen LogP) is 1.01. The van der Waals surface area contributed by atoms with E-state index in [-0.39, 0.29) is 23.7 Å². The molecule has 10 nitrogen and oxygen atoms in total. The molecule has 3 rings (SSSR count). The number of nitrogens with zero attached hydrogens (tertiary/aromatic N) is 1. The maximum atomic E-state index is 13.3. The van der Waals surface area contributed by atoms with Crippen LogP contribution in [0.5, 0.6) is 0 Å². The Kier molecular flexibility index (Phi) is 9.58. The molecule has 196 valence electrons. The van der Waals surface area contributed by atoms with Gasteiger partial charge in [-0.15, -0.1) is 0 Å². The molecule has 0 fully saturated rings. The Bertz CT molecular complexity index is 1360. The molecule has 7 N–H and O–H groups in total. The molecule has 2 amide bonds. The number of primary amides is 1. The van der Waals surface area contributed by atoms with Gasteiger partial charge in [0.15, 0.2) is 5.96 Å². The number of carbonyl (C=O) groups is 2. The van der Waals surface area contributed by atoms with Crippen LogP contribution in [-0.4, -0.2) is 51.9 Å². The monoisotopic (exact) mass is 524 g/mol. The molecule has 0 radical (unpaired) electrons. The Morgan fingerprint density at radius 2 is 1.59 bits per heavy atom. The second kappa shape index (κ2) is 12.8. The molecule has 0 aromatic heterocycles. The van der Waals surface area contributed by atoms with Crippen molar-refractivity contribution in [2.45, 2.75) is 36.2 Å². The number of aliphatic imine (C=N–C) groups is 1. The zero-order valence-electron chi connectivity index (χ0n) is 20.6. The zero-order chi connectivity index (χ0) is 26.8. The minimum absolute atomic E-state index is 0.0280. The zero-order valence-corrected chi connectivity index (χ0v) is 21.4. The van der Waals surface area contributed by atoms with Gasteiger partial charge >= 0.3 is 0 Å². The number of amides is 2. The highest BCUT2D eigenvalue weighted by Crippen LogP contribution is 2.19. The number of fused-ring (bicyclic) bond motifs is 1. The van der Waals surface area contributed by atoms with Crippen LogP contribution < -0.4 is 26.8 Å². The normalized spacial score (nSPS) is 13.6. The molecule has 0 saturated carbocycles. The van der Waals surface area contributed by atoms with Crippen molar-refractivity contribution in [1.82, 2.24) is 15.4 Å². The molecule has 3 aromatic carbocycles. The molecule has 0 aliphatic carbocycles. The molecular formula is C26H32N6O4S. The van der Waals surface area contributed by atoms with E-state index >= 15 is 0 Å². The van der Waals surface area contributed by atoms with Crippen molar-refractivity contribution in [3.8, 4) is 0 Å². The second-order valence-corrected chi connectivity index (χ2v) is 10.2. The fraction of sp³-hybridized carbons (Fsp3) is 0.269. The summed E-state index contributed by atoms with van der Waals surface area (Å²) in [6.07, 6.45) is 0.713. The summed E-state index contributed by atoms with van der Waals surface area (Å²) in [4.78, 5) is 29.2. The quantitative estimate of drug-likeness (QED) is 0.135. The first kappa shape index (κ1) is 27.6. The van der Waals surface area contributed by atoms with Crippen molar-refractivity contribution in [3.63, 3.8) is 0 Å². The van der Waals surface area contributed by atoms with E-state index in [1.54, 1.807) is 12.1 Å². The smallest absolute Gasteiger partial charge is 0.241 e. The van der Waals surface area contributed by atoms with Crippen LogP contribution in [0, 0.1) is 0 Å². The minimum Gasteiger partial charge on any atom is -0.370 e. The standard InChI is InChI=1S/C26H32N6O4S/c1-29-26(28)30-15-7-12-22(25(34)31-23(24(27)33)16-18-8-3-2-4-9-18)32-37(35,36)21-14-13-19-10-5-6-11-20(19)17-21/h2-6,8-11,13-14,17,22-23,32H,7,12,15-16H2,1H3,(H2,27,33)(H,31,34)(H3,28,29,30)/t22-,23+/m0/s1. The first-order chi connectivity index (χ1) is 17.7. The van der Waals surface area contributed by atoms with Crippen molar-refractivity contribution >= 4 is 38.6 Å². The van der Waals surface area contributed by atoms with Crippen LogP contribution in [0.15, 0.2) is 82.7 Å². The van der Waals surface area contributed by atoms with Gasteiger partial charge in [0, 0.05) is 20.0 Å². The Morgan fingerprint density at radius 1 is 0.919 bits per heavy atom. The summed E-state index contributed by atoms with van der Waals surface area (Å²) in [7, 11) is -2.53. The molecule has 0 heterocycles. The van der Waals surface area contributed by atoms with Crippen LogP contribution >= 0.6 is 0 Å². The first-order valence-corrected chi connectivity index (χ1v) is 13.3. The average Bonchev–Trinajstić information content (AvgIpc) is 2.89. The topological polar surface area (TPSA) is 169 Å². The maximum Gasteiger partial charge on any atom is 0.241 e. The average molecular weight is 525 g/mol. The lowest BCUT2D eigenvalue weighted by Gasteiger charge is -2.22. The van der Waals surface area contributed by atoms with Crippen LogP contribution in [0.4, 0.5) is 0 Å². The summed E-state index contributed by atoms with van der Waals surface area (Å²) < 4.78 is 29.0. The van der Waals surface area contributed by atoms with E-state index in [0.29, 0.717) is 13.0 Å². The van der Waals surface area contributed by atoms with E-state index in [0.717, 1.165) is 16.3 Å². The maximum absolute atomic E-state index is 13.3.